The molecule has 6 N–H and O–H groups in total. The minimum Gasteiger partial charge on any atom is -0.462 e. The van der Waals surface area contributed by atoms with E-state index >= 15 is 0 Å². The van der Waals surface area contributed by atoms with E-state index in [1.807, 2.05) is 24.3 Å². The molecular formula is C50H79N3O16P2. The van der Waals surface area contributed by atoms with E-state index in [4.69, 9.17) is 33.7 Å². The summed E-state index contributed by atoms with van der Waals surface area (Å²) in [5.74, 6) is -1.43. The lowest BCUT2D eigenvalue weighted by molar-refractivity contribution is -0.161. The number of esters is 2. The van der Waals surface area contributed by atoms with Gasteiger partial charge in [-0.25, -0.2) is 13.9 Å². The van der Waals surface area contributed by atoms with Gasteiger partial charge in [-0.15, -0.1) is 0 Å². The molecule has 19 nitrogen and oxygen atoms in total. The molecular weight excluding hydrogens is 961 g/mol. The number of epoxide rings is 1. The number of ether oxygens (including phenoxy) is 4. The number of nitrogen functional groups attached to an aromatic ring is 1. The smallest absolute Gasteiger partial charge is 0.462 e. The lowest BCUT2D eigenvalue weighted by Crippen LogP contribution is -2.36. The molecule has 0 radical (unpaired) electrons. The highest BCUT2D eigenvalue weighted by Crippen LogP contribution is 2.60. The predicted octanol–water partition coefficient (Wildman–Crippen LogP) is 9.10. The summed E-state index contributed by atoms with van der Waals surface area (Å²) in [5, 5.41) is 20.9. The van der Waals surface area contributed by atoms with Gasteiger partial charge in [0.05, 0.1) is 25.4 Å². The number of aliphatic hydroxyl groups is 2. The van der Waals surface area contributed by atoms with E-state index in [1.54, 1.807) is 0 Å². The van der Waals surface area contributed by atoms with Crippen LogP contribution in [0.4, 0.5) is 5.82 Å². The van der Waals surface area contributed by atoms with E-state index in [9.17, 15) is 43.5 Å². The average Bonchev–Trinajstić information content (AvgIpc) is 4.02. The number of unbranched alkanes of at least 4 members (excludes halogenated alkanes) is 9. The van der Waals surface area contributed by atoms with Crippen molar-refractivity contribution in [2.75, 3.05) is 25.6 Å². The zero-order valence-electron chi connectivity index (χ0n) is 41.4. The summed E-state index contributed by atoms with van der Waals surface area (Å²) < 4.78 is 62.4. The third-order valence-electron chi connectivity index (χ3n) is 11.2. The van der Waals surface area contributed by atoms with Crippen molar-refractivity contribution in [3.05, 3.63) is 95.7 Å². The first-order chi connectivity index (χ1) is 34.1. The number of allylic oxidation sites excluding steroid dienone is 10. The zero-order valence-corrected chi connectivity index (χ0v) is 43.2. The van der Waals surface area contributed by atoms with E-state index in [-0.39, 0.29) is 30.9 Å². The number of phosphoric ester groups is 2. The fourth-order valence-corrected chi connectivity index (χ4v) is 9.23. The first-order valence-corrected chi connectivity index (χ1v) is 28.1. The third-order valence-corrected chi connectivity index (χ3v) is 13.8. The number of aliphatic hydroxyl groups excluding tert-OH is 2. The van der Waals surface area contributed by atoms with Crippen LogP contribution < -0.4 is 11.4 Å². The maximum Gasteiger partial charge on any atom is 0.481 e. The van der Waals surface area contributed by atoms with Crippen LogP contribution in [0.15, 0.2) is 90.0 Å². The number of hydrogen-bond acceptors (Lipinski definition) is 16. The van der Waals surface area contributed by atoms with Crippen LogP contribution in [0.1, 0.15) is 148 Å². The summed E-state index contributed by atoms with van der Waals surface area (Å²) in [6.07, 6.45) is 35.9. The average molecular weight is 1040 g/mol. The summed E-state index contributed by atoms with van der Waals surface area (Å²) >= 11 is 0. The fraction of sp³-hybridized carbons (Fsp3) is 0.640. The molecule has 71 heavy (non-hydrogen) atoms. The molecule has 2 saturated heterocycles. The number of nitrogens with zero attached hydrogens (tertiary/aromatic N) is 2. The molecule has 2 fully saturated rings. The van der Waals surface area contributed by atoms with E-state index in [1.165, 1.54) is 44.6 Å². The molecule has 0 saturated carbocycles. The van der Waals surface area contributed by atoms with Crippen molar-refractivity contribution in [3.8, 4) is 0 Å². The van der Waals surface area contributed by atoms with Gasteiger partial charge in [-0.2, -0.15) is 9.29 Å². The molecule has 1 aromatic heterocycles. The first kappa shape index (κ1) is 61.5. The minimum atomic E-state index is -5.45. The summed E-state index contributed by atoms with van der Waals surface area (Å²) in [7, 11) is -10.9. The summed E-state index contributed by atoms with van der Waals surface area (Å²) in [5.41, 5.74) is 4.58. The van der Waals surface area contributed by atoms with Gasteiger partial charge < -0.3 is 44.7 Å². The van der Waals surface area contributed by atoms with Crippen molar-refractivity contribution in [1.82, 2.24) is 9.55 Å². The number of nitrogens with two attached hydrogens (primary N) is 1. The molecule has 21 heteroatoms. The first-order valence-electron chi connectivity index (χ1n) is 25.1. The van der Waals surface area contributed by atoms with Gasteiger partial charge in [0.1, 0.15) is 30.7 Å². The molecule has 0 aromatic carbocycles. The van der Waals surface area contributed by atoms with Crippen LogP contribution in [0.25, 0.3) is 0 Å². The van der Waals surface area contributed by atoms with E-state index in [2.05, 4.69) is 71.8 Å². The molecule has 9 atom stereocenters. The molecule has 3 heterocycles. The van der Waals surface area contributed by atoms with Gasteiger partial charge in [-0.1, -0.05) is 112 Å². The van der Waals surface area contributed by atoms with Gasteiger partial charge in [0.25, 0.3) is 0 Å². The van der Waals surface area contributed by atoms with Crippen molar-refractivity contribution in [2.45, 2.75) is 185 Å². The Morgan fingerprint density at radius 2 is 1.21 bits per heavy atom. The number of carbonyl (C=O) groups excluding carboxylic acids is 2. The summed E-state index contributed by atoms with van der Waals surface area (Å²) in [6, 6.07) is 1.24. The number of carbonyl (C=O) groups is 2. The summed E-state index contributed by atoms with van der Waals surface area (Å²) in [4.78, 5) is 61.9. The lowest BCUT2D eigenvalue weighted by Gasteiger charge is -2.21. The Kier molecular flexibility index (Phi) is 30.6. The quantitative estimate of drug-likeness (QED) is 0.0135. The molecule has 0 amide bonds. The van der Waals surface area contributed by atoms with Crippen LogP contribution in [0, 0.1) is 0 Å². The van der Waals surface area contributed by atoms with Gasteiger partial charge >= 0.3 is 33.3 Å². The highest BCUT2D eigenvalue weighted by atomic mass is 31.3. The Morgan fingerprint density at radius 1 is 0.690 bits per heavy atom. The topological polar surface area (TPSA) is 278 Å². The number of hydrogen-bond donors (Lipinski definition) is 5. The second-order valence-electron chi connectivity index (χ2n) is 17.3. The molecule has 0 spiro atoms. The van der Waals surface area contributed by atoms with Gasteiger partial charge in [0, 0.05) is 19.0 Å². The Morgan fingerprint density at radius 3 is 1.82 bits per heavy atom. The van der Waals surface area contributed by atoms with Crippen molar-refractivity contribution >= 4 is 33.4 Å². The Hall–Kier alpha value is -3.84. The number of phosphoric acid groups is 2. The van der Waals surface area contributed by atoms with Crippen LogP contribution in [-0.4, -0.2) is 97.9 Å². The molecule has 400 valence electrons. The molecule has 0 bridgehead atoms. The number of aromatic nitrogens is 2. The van der Waals surface area contributed by atoms with Gasteiger partial charge in [0.2, 0.25) is 0 Å². The maximum absolute atomic E-state index is 12.8. The van der Waals surface area contributed by atoms with Crippen LogP contribution in [-0.2, 0) is 51.0 Å². The van der Waals surface area contributed by atoms with E-state index in [0.29, 0.717) is 25.7 Å². The highest BCUT2D eigenvalue weighted by molar-refractivity contribution is 7.61. The van der Waals surface area contributed by atoms with Gasteiger partial charge in [-0.05, 0) is 96.0 Å². The van der Waals surface area contributed by atoms with Crippen molar-refractivity contribution < 1.29 is 71.0 Å². The SMILES string of the molecule is CCCCC/C=C\C/C=C\C/C=C\CCCCC(=O)O[C@H](COC(=O)CCC/C=C\CC1OC1C/C=C\C/C=C\CCCCC)COP(=O)(O)OP(=O)(O)OC[C@H]1O[C@@H](n2ccc(N)nc2=O)[C@H](O)[C@@H]1O. The molecule has 3 rings (SSSR count). The predicted molar refractivity (Wildman–Crippen MR) is 270 cm³/mol. The monoisotopic (exact) mass is 1040 g/mol. The Labute approximate surface area is 419 Å². The maximum atomic E-state index is 12.8. The number of rotatable bonds is 39. The molecule has 4 unspecified atom stereocenters. The van der Waals surface area contributed by atoms with Crippen LogP contribution in [0.2, 0.25) is 0 Å². The van der Waals surface area contributed by atoms with Gasteiger partial charge in [0.15, 0.2) is 12.3 Å². The Bertz CT molecular complexity index is 2040. The van der Waals surface area contributed by atoms with Crippen LogP contribution >= 0.6 is 15.6 Å². The zero-order chi connectivity index (χ0) is 51.7. The van der Waals surface area contributed by atoms with Gasteiger partial charge in [-0.3, -0.25) is 23.2 Å². The summed E-state index contributed by atoms with van der Waals surface area (Å²) in [6.45, 7) is 1.98. The fourth-order valence-electron chi connectivity index (χ4n) is 7.12. The van der Waals surface area contributed by atoms with Crippen LogP contribution in [0.3, 0.4) is 0 Å². The number of anilines is 1. The minimum absolute atomic E-state index is 0.0175. The second-order valence-corrected chi connectivity index (χ2v) is 20.4. The molecule has 2 aliphatic rings. The van der Waals surface area contributed by atoms with E-state index in [0.717, 1.165) is 62.1 Å². The normalized spacial score (nSPS) is 22.6. The highest BCUT2D eigenvalue weighted by Gasteiger charge is 2.46. The molecule has 0 aliphatic carbocycles. The Balaban J connectivity index is 1.44. The lowest BCUT2D eigenvalue weighted by atomic mass is 10.1. The van der Waals surface area contributed by atoms with E-state index < -0.39 is 83.7 Å². The molecule has 1 aromatic rings. The standard InChI is InChI=1S/C50H79N3O16P2/c1-3-5-7-9-11-13-14-15-16-17-18-20-22-24-30-34-46(55)66-40(37-63-45(54)33-29-26-25-28-32-42-41(67-42)31-27-23-21-19-12-10-8-6-4-2)38-64-70(59,60)69-71(61,62)65-39-43-47(56)48(57)49(68-43)53-36-35-44(51)52-50(53)58/h11-13,15-16,18-20,23,25,27-28,35-36,40-43,47-49,56-57H,3-10,14,17,21-22,24,26,29-34,37-39H2,1-2H3,(H,59,60)(H,61,62)(H2,51,52,58)/b13-11-,16-15-,19-12-,20-18-,27-23-,28-25-/t40-,41?,42?,43-,47-,48-,49-/m1/s1. The second kappa shape index (κ2) is 35.3. The largest absolute Gasteiger partial charge is 0.481 e. The van der Waals surface area contributed by atoms with Crippen molar-refractivity contribution in [1.29, 1.82) is 0 Å². The molecule has 2 aliphatic heterocycles. The third kappa shape index (κ3) is 27.7. The van der Waals surface area contributed by atoms with Crippen molar-refractivity contribution in [2.24, 2.45) is 0 Å². The van der Waals surface area contributed by atoms with Crippen LogP contribution in [0.5, 0.6) is 0 Å². The van der Waals surface area contributed by atoms with Crippen molar-refractivity contribution in [3.63, 3.8) is 0 Å².